The topological polar surface area (TPSA) is 81.1 Å². The van der Waals surface area contributed by atoms with Gasteiger partial charge in [-0.25, -0.2) is 4.68 Å². The predicted octanol–water partition coefficient (Wildman–Crippen LogP) is 5.18. The maximum absolute atomic E-state index is 13.5. The summed E-state index contributed by atoms with van der Waals surface area (Å²) in [6, 6.07) is 23.6. The monoisotopic (exact) mass is 485 g/mol. The van der Waals surface area contributed by atoms with Gasteiger partial charge in [-0.1, -0.05) is 65.9 Å². The number of hydrogen-bond acceptors (Lipinski definition) is 6. The van der Waals surface area contributed by atoms with Crippen LogP contribution in [0.2, 0.25) is 0 Å². The van der Waals surface area contributed by atoms with E-state index in [0.717, 1.165) is 33.7 Å². The van der Waals surface area contributed by atoms with E-state index in [1.807, 2.05) is 67.9 Å². The lowest BCUT2D eigenvalue weighted by Crippen LogP contribution is -2.41. The number of anilines is 1. The average molecular weight is 486 g/mol. The molecule has 2 atom stereocenters. The molecule has 1 aromatic heterocycles. The molecule has 0 fully saturated rings. The highest BCUT2D eigenvalue weighted by Gasteiger charge is 2.38. The molecule has 1 amide bonds. The number of para-hydroxylation sites is 1. The van der Waals surface area contributed by atoms with E-state index in [0.29, 0.717) is 11.0 Å². The second-order valence-corrected chi connectivity index (χ2v) is 9.87. The number of rotatable bonds is 6. The van der Waals surface area contributed by atoms with Gasteiger partial charge in [-0.2, -0.15) is 0 Å². The van der Waals surface area contributed by atoms with Gasteiger partial charge in [0.15, 0.2) is 5.82 Å². The van der Waals surface area contributed by atoms with Crippen molar-refractivity contribution in [3.63, 3.8) is 0 Å². The molecular formula is C27H27N5O2S. The molecule has 1 aliphatic heterocycles. The van der Waals surface area contributed by atoms with E-state index in [1.54, 1.807) is 0 Å². The lowest BCUT2D eigenvalue weighted by Gasteiger charge is -2.33. The van der Waals surface area contributed by atoms with Gasteiger partial charge in [0, 0.05) is 5.69 Å². The first-order valence-electron chi connectivity index (χ1n) is 11.5. The quantitative estimate of drug-likeness (QED) is 0.392. The maximum Gasteiger partial charge on any atom is 0.240 e. The first-order chi connectivity index (χ1) is 17.0. The summed E-state index contributed by atoms with van der Waals surface area (Å²) in [6.07, 6.45) is 0. The van der Waals surface area contributed by atoms with Crippen LogP contribution in [-0.2, 0) is 11.4 Å². The van der Waals surface area contributed by atoms with Crippen LogP contribution < -0.4 is 15.5 Å². The zero-order chi connectivity index (χ0) is 24.4. The Balaban J connectivity index is 1.42. The molecule has 0 radical (unpaired) electrons. The molecule has 3 aromatic carbocycles. The van der Waals surface area contributed by atoms with Crippen molar-refractivity contribution in [1.82, 2.24) is 14.9 Å². The molecule has 0 spiro atoms. The summed E-state index contributed by atoms with van der Waals surface area (Å²) in [5.41, 5.74) is 8.66. The minimum atomic E-state index is -0.446. The van der Waals surface area contributed by atoms with Gasteiger partial charge in [0.25, 0.3) is 0 Å². The van der Waals surface area contributed by atoms with Gasteiger partial charge in [0.1, 0.15) is 17.6 Å². The molecule has 7 nitrogen and oxygen atoms in total. The van der Waals surface area contributed by atoms with E-state index in [2.05, 4.69) is 51.3 Å². The van der Waals surface area contributed by atoms with Gasteiger partial charge in [0.05, 0.1) is 6.04 Å². The van der Waals surface area contributed by atoms with Crippen LogP contribution in [0.4, 0.5) is 5.69 Å². The largest absolute Gasteiger partial charge is 0.486 e. The molecule has 0 bridgehead atoms. The number of nitrogens with zero attached hydrogens (tertiary/aromatic N) is 3. The summed E-state index contributed by atoms with van der Waals surface area (Å²) in [5, 5.41) is 11.9. The zero-order valence-corrected chi connectivity index (χ0v) is 20.7. The minimum absolute atomic E-state index is 0.0885. The first kappa shape index (κ1) is 23.0. The third-order valence-electron chi connectivity index (χ3n) is 5.80. The van der Waals surface area contributed by atoms with Crippen LogP contribution in [0.1, 0.15) is 34.1 Å². The number of thioether (sulfide) groups is 1. The van der Waals surface area contributed by atoms with Crippen LogP contribution in [0.25, 0.3) is 0 Å². The Bertz CT molecular complexity index is 1320. The van der Waals surface area contributed by atoms with Crippen LogP contribution in [-0.4, -0.2) is 26.0 Å². The van der Waals surface area contributed by atoms with E-state index in [-0.39, 0.29) is 18.6 Å². The predicted molar refractivity (Wildman–Crippen MR) is 138 cm³/mol. The highest BCUT2D eigenvalue weighted by molar-refractivity contribution is 8.00. The van der Waals surface area contributed by atoms with Crippen molar-refractivity contribution < 1.29 is 9.53 Å². The van der Waals surface area contributed by atoms with Gasteiger partial charge in [-0.05, 0) is 61.7 Å². The lowest BCUT2D eigenvalue weighted by molar-refractivity contribution is -0.116. The number of ether oxygens (including phenoxy) is 1. The fraction of sp³-hybridized carbons (Fsp3) is 0.222. The van der Waals surface area contributed by atoms with Crippen LogP contribution in [0.15, 0.2) is 78.0 Å². The van der Waals surface area contributed by atoms with Gasteiger partial charge in [-0.15, -0.1) is 10.2 Å². The summed E-state index contributed by atoms with van der Waals surface area (Å²) in [5.74, 6) is 1.31. The number of aromatic nitrogens is 3. The Morgan fingerprint density at radius 1 is 0.971 bits per heavy atom. The van der Waals surface area contributed by atoms with Crippen LogP contribution in [0.3, 0.4) is 0 Å². The summed E-state index contributed by atoms with van der Waals surface area (Å²) in [6.45, 7) is 6.35. The molecule has 5 rings (SSSR count). The molecule has 178 valence electrons. The van der Waals surface area contributed by atoms with E-state index in [1.165, 1.54) is 11.8 Å². The zero-order valence-electron chi connectivity index (χ0n) is 19.9. The molecule has 0 saturated heterocycles. The van der Waals surface area contributed by atoms with Crippen molar-refractivity contribution in [2.45, 2.75) is 43.8 Å². The Morgan fingerprint density at radius 2 is 1.69 bits per heavy atom. The first-order valence-corrected chi connectivity index (χ1v) is 12.4. The number of hydrogen-bond donors (Lipinski definition) is 2. The second-order valence-electron chi connectivity index (χ2n) is 8.76. The van der Waals surface area contributed by atoms with Crippen molar-refractivity contribution in [3.05, 3.63) is 101 Å². The number of fused-ring (bicyclic) bond motifs is 1. The fourth-order valence-corrected chi connectivity index (χ4v) is 5.24. The minimum Gasteiger partial charge on any atom is -0.486 e. The van der Waals surface area contributed by atoms with Crippen LogP contribution in [0, 0.1) is 20.8 Å². The number of amides is 1. The van der Waals surface area contributed by atoms with Crippen molar-refractivity contribution in [2.75, 3.05) is 10.7 Å². The second kappa shape index (κ2) is 9.84. The fourth-order valence-electron chi connectivity index (χ4n) is 4.14. The standard InChI is InChI=1S/C27H27N5O2S/c1-17-9-11-20(12-10-17)24-25(26(33)28-21-14-18(2)13-19(3)15-21)35-27-30-29-23(32(27)31-24)16-34-22-7-5-4-6-8-22/h4-15,24-25,31H,16H2,1-3H3,(H,28,33)/t24-,25-/m1/s1. The Labute approximate surface area is 208 Å². The molecule has 0 aliphatic carbocycles. The summed E-state index contributed by atoms with van der Waals surface area (Å²) < 4.78 is 7.73. The number of carbonyl (C=O) groups excluding carboxylic acids is 1. The smallest absolute Gasteiger partial charge is 0.240 e. The van der Waals surface area contributed by atoms with Crippen LogP contribution >= 0.6 is 11.8 Å². The summed E-state index contributed by atoms with van der Waals surface area (Å²) in [7, 11) is 0. The highest BCUT2D eigenvalue weighted by atomic mass is 32.2. The van der Waals surface area contributed by atoms with Gasteiger partial charge in [-0.3, -0.25) is 4.79 Å². The number of carbonyl (C=O) groups is 1. The number of aryl methyl sites for hydroxylation is 3. The average Bonchev–Trinajstić information content (AvgIpc) is 3.24. The molecule has 8 heteroatoms. The summed E-state index contributed by atoms with van der Waals surface area (Å²) in [4.78, 5) is 13.5. The van der Waals surface area contributed by atoms with Crippen molar-refractivity contribution in [2.24, 2.45) is 0 Å². The Morgan fingerprint density at radius 3 is 2.40 bits per heavy atom. The molecule has 1 aliphatic rings. The Hall–Kier alpha value is -3.78. The third kappa shape index (κ3) is 5.17. The molecule has 2 N–H and O–H groups in total. The highest BCUT2D eigenvalue weighted by Crippen LogP contribution is 2.38. The van der Waals surface area contributed by atoms with E-state index in [9.17, 15) is 4.79 Å². The van der Waals surface area contributed by atoms with Gasteiger partial charge < -0.3 is 15.5 Å². The van der Waals surface area contributed by atoms with E-state index in [4.69, 9.17) is 4.74 Å². The maximum atomic E-state index is 13.5. The SMILES string of the molecule is Cc1ccc([C@H]2Nn3c(COc4ccccc4)nnc3S[C@H]2C(=O)Nc2cc(C)cc(C)c2)cc1. The third-order valence-corrected chi connectivity index (χ3v) is 7.01. The van der Waals surface area contributed by atoms with Crippen molar-refractivity contribution in [1.29, 1.82) is 0 Å². The molecule has 35 heavy (non-hydrogen) atoms. The lowest BCUT2D eigenvalue weighted by atomic mass is 10.0. The van der Waals surface area contributed by atoms with E-state index >= 15 is 0 Å². The molecular weight excluding hydrogens is 458 g/mol. The van der Waals surface area contributed by atoms with E-state index < -0.39 is 5.25 Å². The van der Waals surface area contributed by atoms with Crippen molar-refractivity contribution >= 4 is 23.4 Å². The number of nitrogens with one attached hydrogen (secondary N) is 2. The van der Waals surface area contributed by atoms with Crippen molar-refractivity contribution in [3.8, 4) is 5.75 Å². The molecule has 0 saturated carbocycles. The van der Waals surface area contributed by atoms with Gasteiger partial charge >= 0.3 is 0 Å². The summed E-state index contributed by atoms with van der Waals surface area (Å²) >= 11 is 1.40. The molecule has 2 heterocycles. The normalized spacial score (nSPS) is 16.8. The molecule has 4 aromatic rings. The molecule has 0 unspecified atom stereocenters. The van der Waals surface area contributed by atoms with Gasteiger partial charge in [0.2, 0.25) is 11.1 Å². The Kier molecular flexibility index (Phi) is 6.46. The number of benzene rings is 3. The van der Waals surface area contributed by atoms with Crippen LogP contribution in [0.5, 0.6) is 5.75 Å².